The van der Waals surface area contributed by atoms with Gasteiger partial charge in [0.2, 0.25) is 0 Å². The molecule has 2 rings (SSSR count). The van der Waals surface area contributed by atoms with Crippen molar-refractivity contribution in [1.29, 1.82) is 0 Å². The van der Waals surface area contributed by atoms with Gasteiger partial charge < -0.3 is 5.32 Å². The van der Waals surface area contributed by atoms with Gasteiger partial charge in [-0.25, -0.2) is 4.68 Å². The summed E-state index contributed by atoms with van der Waals surface area (Å²) in [4.78, 5) is 0. The van der Waals surface area contributed by atoms with Gasteiger partial charge in [0, 0.05) is 16.0 Å². The van der Waals surface area contributed by atoms with Crippen LogP contribution >= 0.6 is 27.5 Å². The molecular formula is C12H14BrClN4. The summed E-state index contributed by atoms with van der Waals surface area (Å²) in [6, 6.07) is 5.58. The van der Waals surface area contributed by atoms with Gasteiger partial charge in [0.15, 0.2) is 0 Å². The second kappa shape index (κ2) is 6.31. The van der Waals surface area contributed by atoms with E-state index in [2.05, 4.69) is 38.5 Å². The molecule has 0 amide bonds. The molecule has 0 bridgehead atoms. The lowest BCUT2D eigenvalue weighted by Gasteiger charge is -2.03. The second-order valence-corrected chi connectivity index (χ2v) is 5.22. The Morgan fingerprint density at radius 3 is 3.06 bits per heavy atom. The van der Waals surface area contributed by atoms with E-state index in [1.54, 1.807) is 4.68 Å². The lowest BCUT2D eigenvalue weighted by Crippen LogP contribution is -2.13. The highest BCUT2D eigenvalue weighted by atomic mass is 79.9. The van der Waals surface area contributed by atoms with Crippen LogP contribution < -0.4 is 5.32 Å². The predicted molar refractivity (Wildman–Crippen MR) is 76.1 cm³/mol. The van der Waals surface area contributed by atoms with E-state index in [-0.39, 0.29) is 0 Å². The van der Waals surface area contributed by atoms with Gasteiger partial charge in [-0.15, -0.1) is 5.10 Å². The molecule has 0 unspecified atom stereocenters. The third-order valence-electron chi connectivity index (χ3n) is 2.43. The summed E-state index contributed by atoms with van der Waals surface area (Å²) in [5.41, 5.74) is 1.80. The molecule has 1 N–H and O–H groups in total. The lowest BCUT2D eigenvalue weighted by atomic mass is 10.3. The highest BCUT2D eigenvalue weighted by Crippen LogP contribution is 2.24. The molecule has 18 heavy (non-hydrogen) atoms. The predicted octanol–water partition coefficient (Wildman–Crippen LogP) is 3.18. The first kappa shape index (κ1) is 13.5. The molecule has 0 spiro atoms. The van der Waals surface area contributed by atoms with E-state index in [0.717, 1.165) is 35.4 Å². The minimum absolute atomic E-state index is 0.675. The summed E-state index contributed by atoms with van der Waals surface area (Å²) >= 11 is 9.46. The molecule has 1 aromatic heterocycles. The van der Waals surface area contributed by atoms with Crippen LogP contribution in [0.1, 0.15) is 19.0 Å². The molecule has 4 nitrogen and oxygen atoms in total. The van der Waals surface area contributed by atoms with E-state index in [0.29, 0.717) is 5.02 Å². The van der Waals surface area contributed by atoms with E-state index in [1.807, 2.05) is 24.4 Å². The van der Waals surface area contributed by atoms with Crippen LogP contribution in [0.5, 0.6) is 0 Å². The number of hydrogen-bond acceptors (Lipinski definition) is 3. The number of hydrogen-bond donors (Lipinski definition) is 1. The van der Waals surface area contributed by atoms with Crippen LogP contribution in [0.15, 0.2) is 28.9 Å². The molecule has 96 valence electrons. The van der Waals surface area contributed by atoms with Gasteiger partial charge in [0.05, 0.1) is 17.6 Å². The van der Waals surface area contributed by atoms with E-state index in [9.17, 15) is 0 Å². The summed E-state index contributed by atoms with van der Waals surface area (Å²) in [5, 5.41) is 12.2. The minimum Gasteiger partial charge on any atom is -0.311 e. The molecule has 0 aliphatic carbocycles. The Balaban J connectivity index is 2.16. The van der Waals surface area contributed by atoms with Gasteiger partial charge in [-0.2, -0.15) is 0 Å². The molecule has 0 fully saturated rings. The maximum atomic E-state index is 5.98. The summed E-state index contributed by atoms with van der Waals surface area (Å²) in [7, 11) is 0. The van der Waals surface area contributed by atoms with Crippen molar-refractivity contribution < 1.29 is 0 Å². The van der Waals surface area contributed by atoms with Crippen molar-refractivity contribution in [1.82, 2.24) is 20.3 Å². The number of rotatable bonds is 5. The molecule has 6 heteroatoms. The molecule has 1 heterocycles. The molecular weight excluding hydrogens is 316 g/mol. The van der Waals surface area contributed by atoms with E-state index >= 15 is 0 Å². The largest absolute Gasteiger partial charge is 0.311 e. The van der Waals surface area contributed by atoms with Gasteiger partial charge in [0.1, 0.15) is 0 Å². The zero-order chi connectivity index (χ0) is 13.0. The number of nitrogens with one attached hydrogen (secondary N) is 1. The molecule has 0 aliphatic heterocycles. The zero-order valence-electron chi connectivity index (χ0n) is 10.0. The fourth-order valence-electron chi connectivity index (χ4n) is 1.55. The molecule has 0 saturated heterocycles. The number of nitrogens with zero attached hydrogens (tertiary/aromatic N) is 3. The number of halogens is 2. The Bertz CT molecular complexity index is 527. The quantitative estimate of drug-likeness (QED) is 0.857. The third-order valence-corrected chi connectivity index (χ3v) is 3.33. The monoisotopic (exact) mass is 328 g/mol. The first-order valence-electron chi connectivity index (χ1n) is 5.78. The van der Waals surface area contributed by atoms with Crippen molar-refractivity contribution in [2.24, 2.45) is 0 Å². The summed E-state index contributed by atoms with van der Waals surface area (Å²) in [6.07, 6.45) is 3.01. The fourth-order valence-corrected chi connectivity index (χ4v) is 2.15. The Morgan fingerprint density at radius 2 is 2.28 bits per heavy atom. The van der Waals surface area contributed by atoms with Crippen LogP contribution in [0.4, 0.5) is 0 Å². The van der Waals surface area contributed by atoms with Crippen molar-refractivity contribution in [2.45, 2.75) is 19.9 Å². The Labute approximate surface area is 119 Å². The van der Waals surface area contributed by atoms with Crippen LogP contribution in [-0.2, 0) is 6.54 Å². The molecule has 0 saturated carbocycles. The van der Waals surface area contributed by atoms with Crippen molar-refractivity contribution in [3.8, 4) is 5.69 Å². The highest BCUT2D eigenvalue weighted by Gasteiger charge is 2.06. The van der Waals surface area contributed by atoms with Crippen LogP contribution in [0.25, 0.3) is 5.69 Å². The first-order chi connectivity index (χ1) is 8.70. The number of aromatic nitrogens is 3. The topological polar surface area (TPSA) is 42.7 Å². The molecule has 0 aliphatic rings. The molecule has 0 radical (unpaired) electrons. The van der Waals surface area contributed by atoms with Crippen LogP contribution in [0.2, 0.25) is 5.02 Å². The van der Waals surface area contributed by atoms with E-state index in [1.165, 1.54) is 0 Å². The van der Waals surface area contributed by atoms with Gasteiger partial charge in [0.25, 0.3) is 0 Å². The Kier molecular flexibility index (Phi) is 4.74. The Hall–Kier alpha value is -0.910. The lowest BCUT2D eigenvalue weighted by molar-refractivity contribution is 0.662. The van der Waals surface area contributed by atoms with Gasteiger partial charge in [-0.1, -0.05) is 23.7 Å². The smallest absolute Gasteiger partial charge is 0.0969 e. The van der Waals surface area contributed by atoms with Crippen LogP contribution in [0, 0.1) is 0 Å². The van der Waals surface area contributed by atoms with E-state index < -0.39 is 0 Å². The van der Waals surface area contributed by atoms with Gasteiger partial charge in [-0.05, 0) is 47.1 Å². The fraction of sp³-hybridized carbons (Fsp3) is 0.333. The van der Waals surface area contributed by atoms with Gasteiger partial charge in [-0.3, -0.25) is 0 Å². The summed E-state index contributed by atoms with van der Waals surface area (Å²) in [6.45, 7) is 3.84. The summed E-state index contributed by atoms with van der Waals surface area (Å²) < 4.78 is 2.66. The third kappa shape index (κ3) is 3.31. The zero-order valence-corrected chi connectivity index (χ0v) is 12.4. The van der Waals surface area contributed by atoms with Crippen molar-refractivity contribution in [3.05, 3.63) is 39.6 Å². The normalized spacial score (nSPS) is 10.8. The first-order valence-corrected chi connectivity index (χ1v) is 6.95. The number of benzene rings is 1. The maximum absolute atomic E-state index is 5.98. The van der Waals surface area contributed by atoms with E-state index in [4.69, 9.17) is 11.6 Å². The standard InChI is InChI=1S/C12H14BrClN4/c1-2-5-15-7-10-8-18(17-16-10)12-6-9(14)3-4-11(12)13/h3-4,6,8,15H,2,5,7H2,1H3. The maximum Gasteiger partial charge on any atom is 0.0969 e. The Morgan fingerprint density at radius 1 is 1.44 bits per heavy atom. The average Bonchev–Trinajstić information content (AvgIpc) is 2.81. The molecule has 0 atom stereocenters. The highest BCUT2D eigenvalue weighted by molar-refractivity contribution is 9.10. The average molecular weight is 330 g/mol. The van der Waals surface area contributed by atoms with Crippen LogP contribution in [0.3, 0.4) is 0 Å². The van der Waals surface area contributed by atoms with Crippen molar-refractivity contribution >= 4 is 27.5 Å². The minimum atomic E-state index is 0.675. The van der Waals surface area contributed by atoms with Crippen molar-refractivity contribution in [3.63, 3.8) is 0 Å². The second-order valence-electron chi connectivity index (χ2n) is 3.93. The molecule has 1 aromatic carbocycles. The SMILES string of the molecule is CCCNCc1cn(-c2cc(Cl)ccc2Br)nn1. The summed E-state index contributed by atoms with van der Waals surface area (Å²) in [5.74, 6) is 0. The molecule has 2 aromatic rings. The van der Waals surface area contributed by atoms with Crippen LogP contribution in [-0.4, -0.2) is 21.5 Å². The van der Waals surface area contributed by atoms with Crippen molar-refractivity contribution in [2.75, 3.05) is 6.54 Å². The van der Waals surface area contributed by atoms with Gasteiger partial charge >= 0.3 is 0 Å².